The highest BCUT2D eigenvalue weighted by atomic mass is 19.1. The smallest absolute Gasteiger partial charge is 0.231 e. The lowest BCUT2D eigenvalue weighted by molar-refractivity contribution is -0.120. The molecule has 4 nitrogen and oxygen atoms in total. The maximum atomic E-state index is 14.0. The van der Waals surface area contributed by atoms with Crippen molar-refractivity contribution in [3.8, 4) is 0 Å². The maximum absolute atomic E-state index is 14.0. The second-order valence-corrected chi connectivity index (χ2v) is 5.06. The number of benzene rings is 1. The van der Waals surface area contributed by atoms with Gasteiger partial charge < -0.3 is 11.5 Å². The quantitative estimate of drug-likeness (QED) is 0.818. The third-order valence-electron chi connectivity index (χ3n) is 3.08. The van der Waals surface area contributed by atoms with E-state index in [1.165, 1.54) is 6.07 Å². The van der Waals surface area contributed by atoms with E-state index in [4.69, 9.17) is 11.5 Å². The minimum absolute atomic E-state index is 0.0307. The number of hydrogen-bond donors (Lipinski definition) is 2. The molecule has 0 aliphatic rings. The third-order valence-corrected chi connectivity index (χ3v) is 3.08. The van der Waals surface area contributed by atoms with Crippen LogP contribution in [0.1, 0.15) is 32.4 Å². The van der Waals surface area contributed by atoms with Crippen molar-refractivity contribution < 1.29 is 9.18 Å². The molecule has 2 unspecified atom stereocenters. The fourth-order valence-electron chi connectivity index (χ4n) is 2.26. The van der Waals surface area contributed by atoms with Gasteiger partial charge in [0.2, 0.25) is 5.91 Å². The fourth-order valence-corrected chi connectivity index (χ4v) is 2.26. The lowest BCUT2D eigenvalue weighted by Crippen LogP contribution is -2.47. The zero-order valence-electron chi connectivity index (χ0n) is 11.6. The first-order valence-electron chi connectivity index (χ1n) is 6.38. The Morgan fingerprint density at radius 1 is 1.32 bits per heavy atom. The molecule has 1 rings (SSSR count). The number of carbonyl (C=O) groups excluding carboxylic acids is 1. The number of nitrogens with zero attached hydrogens (tertiary/aromatic N) is 1. The Hall–Kier alpha value is -1.46. The molecular weight excluding hydrogens is 245 g/mol. The summed E-state index contributed by atoms with van der Waals surface area (Å²) in [6.07, 6.45) is 0. The van der Waals surface area contributed by atoms with Crippen LogP contribution in [0.3, 0.4) is 0 Å². The van der Waals surface area contributed by atoms with E-state index < -0.39 is 5.91 Å². The van der Waals surface area contributed by atoms with Crippen LogP contribution in [0.2, 0.25) is 0 Å². The molecule has 1 aromatic carbocycles. The molecule has 0 aliphatic carbocycles. The average molecular weight is 267 g/mol. The highest BCUT2D eigenvalue weighted by molar-refractivity contribution is 5.76. The Morgan fingerprint density at radius 2 is 1.89 bits per heavy atom. The summed E-state index contributed by atoms with van der Waals surface area (Å²) < 4.78 is 14.0. The van der Waals surface area contributed by atoms with Gasteiger partial charge in [0, 0.05) is 17.6 Å². The molecule has 2 atom stereocenters. The molecule has 0 spiro atoms. The van der Waals surface area contributed by atoms with Gasteiger partial charge in [-0.3, -0.25) is 9.69 Å². The average Bonchev–Trinajstić information content (AvgIpc) is 2.29. The third kappa shape index (κ3) is 4.01. The summed E-state index contributed by atoms with van der Waals surface area (Å²) in [5, 5.41) is 0. The zero-order chi connectivity index (χ0) is 14.6. The van der Waals surface area contributed by atoms with E-state index in [2.05, 4.69) is 0 Å². The van der Waals surface area contributed by atoms with Crippen molar-refractivity contribution in [3.05, 3.63) is 35.6 Å². The first kappa shape index (κ1) is 15.6. The summed E-state index contributed by atoms with van der Waals surface area (Å²) in [6, 6.07) is 5.81. The Balaban J connectivity index is 3.18. The molecule has 4 N–H and O–H groups in total. The summed E-state index contributed by atoms with van der Waals surface area (Å²) in [5.41, 5.74) is 11.8. The van der Waals surface area contributed by atoms with Crippen LogP contribution >= 0.6 is 0 Å². The first-order valence-corrected chi connectivity index (χ1v) is 6.38. The molecule has 1 amide bonds. The van der Waals surface area contributed by atoms with E-state index in [1.54, 1.807) is 25.1 Å². The van der Waals surface area contributed by atoms with E-state index in [9.17, 15) is 9.18 Å². The molecule has 0 radical (unpaired) electrons. The summed E-state index contributed by atoms with van der Waals surface area (Å²) >= 11 is 0. The molecule has 0 saturated carbocycles. The van der Waals surface area contributed by atoms with Gasteiger partial charge in [-0.05, 0) is 26.8 Å². The van der Waals surface area contributed by atoms with Crippen molar-refractivity contribution in [2.24, 2.45) is 11.5 Å². The largest absolute Gasteiger partial charge is 0.369 e. The maximum Gasteiger partial charge on any atom is 0.231 e. The van der Waals surface area contributed by atoms with Crippen molar-refractivity contribution >= 4 is 5.91 Å². The van der Waals surface area contributed by atoms with Gasteiger partial charge in [-0.1, -0.05) is 18.2 Å². The van der Waals surface area contributed by atoms with E-state index >= 15 is 0 Å². The van der Waals surface area contributed by atoms with Crippen LogP contribution in [0.15, 0.2) is 24.3 Å². The van der Waals surface area contributed by atoms with Gasteiger partial charge in [0.25, 0.3) is 0 Å². The van der Waals surface area contributed by atoms with E-state index in [0.29, 0.717) is 5.56 Å². The molecule has 1 aromatic rings. The number of nitrogens with two attached hydrogens (primary N) is 2. The van der Waals surface area contributed by atoms with Gasteiger partial charge in [-0.15, -0.1) is 0 Å². The van der Waals surface area contributed by atoms with E-state index in [0.717, 1.165) is 0 Å². The van der Waals surface area contributed by atoms with Crippen LogP contribution in [-0.4, -0.2) is 29.4 Å². The van der Waals surface area contributed by atoms with E-state index in [1.807, 2.05) is 18.7 Å². The van der Waals surface area contributed by atoms with Crippen LogP contribution in [-0.2, 0) is 4.79 Å². The molecular formula is C14H22FN3O. The lowest BCUT2D eigenvalue weighted by atomic mass is 9.97. The number of hydrogen-bond acceptors (Lipinski definition) is 3. The Labute approximate surface area is 113 Å². The van der Waals surface area contributed by atoms with Gasteiger partial charge in [0.1, 0.15) is 5.82 Å². The molecule has 0 saturated heterocycles. The summed E-state index contributed by atoms with van der Waals surface area (Å²) in [5.74, 6) is -0.768. The van der Waals surface area contributed by atoms with E-state index in [-0.39, 0.29) is 30.5 Å². The molecule has 0 aromatic heterocycles. The monoisotopic (exact) mass is 267 g/mol. The Bertz CT molecular complexity index is 434. The molecule has 0 heterocycles. The molecule has 106 valence electrons. The minimum atomic E-state index is -0.448. The van der Waals surface area contributed by atoms with Gasteiger partial charge >= 0.3 is 0 Å². The van der Waals surface area contributed by atoms with Gasteiger partial charge in [0.15, 0.2) is 0 Å². The second kappa shape index (κ2) is 6.63. The zero-order valence-corrected chi connectivity index (χ0v) is 11.6. The fraction of sp³-hybridized carbons (Fsp3) is 0.500. The Morgan fingerprint density at radius 3 is 2.32 bits per heavy atom. The number of amides is 1. The van der Waals surface area contributed by atoms with Crippen LogP contribution in [0.25, 0.3) is 0 Å². The first-order chi connectivity index (χ1) is 8.84. The lowest BCUT2D eigenvalue weighted by Gasteiger charge is -2.36. The predicted octanol–water partition coefficient (Wildman–Crippen LogP) is 1.41. The number of rotatable bonds is 6. The highest BCUT2D eigenvalue weighted by Gasteiger charge is 2.29. The van der Waals surface area contributed by atoms with Crippen LogP contribution in [0, 0.1) is 5.82 Å². The number of halogens is 1. The molecule has 0 bridgehead atoms. The van der Waals surface area contributed by atoms with Gasteiger partial charge in [-0.2, -0.15) is 0 Å². The Kier molecular flexibility index (Phi) is 5.44. The van der Waals surface area contributed by atoms with Crippen LogP contribution in [0.4, 0.5) is 4.39 Å². The summed E-state index contributed by atoms with van der Waals surface area (Å²) in [4.78, 5) is 13.0. The second-order valence-electron chi connectivity index (χ2n) is 5.06. The summed E-state index contributed by atoms with van der Waals surface area (Å²) in [6.45, 7) is 5.71. The highest BCUT2D eigenvalue weighted by Crippen LogP contribution is 2.27. The molecule has 5 heteroatoms. The normalized spacial score (nSPS) is 14.7. The minimum Gasteiger partial charge on any atom is -0.369 e. The van der Waals surface area contributed by atoms with Crippen molar-refractivity contribution in [2.75, 3.05) is 6.54 Å². The predicted molar refractivity (Wildman–Crippen MR) is 73.8 cm³/mol. The molecule has 0 aliphatic heterocycles. The molecule has 0 fully saturated rings. The van der Waals surface area contributed by atoms with Gasteiger partial charge in [0.05, 0.1) is 12.6 Å². The van der Waals surface area contributed by atoms with Crippen LogP contribution < -0.4 is 11.5 Å². The van der Waals surface area contributed by atoms with Crippen molar-refractivity contribution in [2.45, 2.75) is 38.9 Å². The van der Waals surface area contributed by atoms with Crippen LogP contribution in [0.5, 0.6) is 0 Å². The van der Waals surface area contributed by atoms with Crippen molar-refractivity contribution in [1.82, 2.24) is 4.90 Å². The summed E-state index contributed by atoms with van der Waals surface area (Å²) in [7, 11) is 0. The number of carbonyl (C=O) groups is 1. The van der Waals surface area contributed by atoms with Crippen molar-refractivity contribution in [1.29, 1.82) is 0 Å². The molecule has 19 heavy (non-hydrogen) atoms. The SMILES string of the molecule is CC(N)C(c1ccccc1F)N(CC(N)=O)C(C)C. The van der Waals surface area contributed by atoms with Gasteiger partial charge in [-0.25, -0.2) is 4.39 Å². The topological polar surface area (TPSA) is 72.3 Å². The van der Waals surface area contributed by atoms with Crippen molar-refractivity contribution in [3.63, 3.8) is 0 Å². The number of primary amides is 1. The standard InChI is InChI=1S/C14H22FN3O/c1-9(2)18(8-13(17)19)14(10(3)16)11-6-4-5-7-12(11)15/h4-7,9-10,14H,8,16H2,1-3H3,(H2,17,19).